The molecule has 144 valence electrons. The summed E-state index contributed by atoms with van der Waals surface area (Å²) in [6.45, 7) is 4.49. The Morgan fingerprint density at radius 2 is 1.50 bits per heavy atom. The van der Waals surface area contributed by atoms with E-state index in [2.05, 4.69) is 6.08 Å². The lowest BCUT2D eigenvalue weighted by atomic mass is 10.0. The van der Waals surface area contributed by atoms with Crippen LogP contribution in [-0.4, -0.2) is 6.61 Å². The number of benzene rings is 3. The monoisotopic (exact) mass is 378 g/mol. The molecule has 0 spiro atoms. The molecule has 0 saturated heterocycles. The molecule has 0 aliphatic rings. The number of aryl methyl sites for hydroxylation is 1. The number of rotatable bonds is 7. The van der Waals surface area contributed by atoms with Crippen LogP contribution < -0.4 is 4.74 Å². The van der Waals surface area contributed by atoms with Crippen molar-refractivity contribution in [1.29, 1.82) is 0 Å². The van der Waals surface area contributed by atoms with E-state index in [1.807, 2.05) is 50.3 Å². The van der Waals surface area contributed by atoms with E-state index >= 15 is 0 Å². The molecule has 0 aromatic heterocycles. The molecular weight excluding hydrogens is 354 g/mol. The molecule has 1 nitrogen and oxygen atoms in total. The lowest BCUT2D eigenvalue weighted by Gasteiger charge is -2.07. The van der Waals surface area contributed by atoms with E-state index in [0.717, 1.165) is 34.9 Å². The summed E-state index contributed by atoms with van der Waals surface area (Å²) < 4.78 is 34.9. The highest BCUT2D eigenvalue weighted by atomic mass is 19.2. The Hall–Kier alpha value is -2.94. The third-order valence-corrected chi connectivity index (χ3v) is 4.61. The van der Waals surface area contributed by atoms with Crippen LogP contribution in [0.25, 0.3) is 22.4 Å². The zero-order valence-electron chi connectivity index (χ0n) is 16.2. The third kappa shape index (κ3) is 4.66. The normalized spacial score (nSPS) is 12.4. The van der Waals surface area contributed by atoms with Crippen molar-refractivity contribution in [2.75, 3.05) is 6.61 Å². The van der Waals surface area contributed by atoms with Gasteiger partial charge in [0, 0.05) is 11.1 Å². The molecule has 0 bridgehead atoms. The van der Waals surface area contributed by atoms with Gasteiger partial charge in [-0.15, -0.1) is 0 Å². The van der Waals surface area contributed by atoms with Crippen LogP contribution in [0, 0.1) is 0 Å². The van der Waals surface area contributed by atoms with Crippen LogP contribution in [0.4, 0.5) is 8.78 Å². The molecule has 0 saturated carbocycles. The highest BCUT2D eigenvalue weighted by Gasteiger charge is 2.12. The average molecular weight is 378 g/mol. The van der Waals surface area contributed by atoms with Gasteiger partial charge in [0.2, 0.25) is 0 Å². The Morgan fingerprint density at radius 3 is 2.21 bits per heavy atom. The van der Waals surface area contributed by atoms with Gasteiger partial charge in [0.25, 0.3) is 0 Å². The molecule has 0 atom stereocenters. The van der Waals surface area contributed by atoms with Gasteiger partial charge >= 0.3 is 0 Å². The zero-order valence-corrected chi connectivity index (χ0v) is 16.2. The highest BCUT2D eigenvalue weighted by Crippen LogP contribution is 2.31. The smallest absolute Gasteiger partial charge is 0.166 e. The summed E-state index contributed by atoms with van der Waals surface area (Å²) in [7, 11) is 0. The summed E-state index contributed by atoms with van der Waals surface area (Å²) in [5.41, 5.74) is 1.58. The first-order chi connectivity index (χ1) is 13.6. The van der Waals surface area contributed by atoms with E-state index in [-0.39, 0.29) is 11.1 Å². The molecule has 0 aliphatic carbocycles. The van der Waals surface area contributed by atoms with Gasteiger partial charge in [-0.05, 0) is 61.2 Å². The molecule has 28 heavy (non-hydrogen) atoms. The van der Waals surface area contributed by atoms with Gasteiger partial charge in [0.05, 0.1) is 6.61 Å². The van der Waals surface area contributed by atoms with Gasteiger partial charge < -0.3 is 4.74 Å². The summed E-state index contributed by atoms with van der Waals surface area (Å²) in [5, 5.41) is 1.76. The average Bonchev–Trinajstić information content (AvgIpc) is 2.73. The summed E-state index contributed by atoms with van der Waals surface area (Å²) in [6.07, 6.45) is 5.91. The number of hydrogen-bond acceptors (Lipinski definition) is 1. The van der Waals surface area contributed by atoms with Crippen LogP contribution in [0.2, 0.25) is 0 Å². The predicted octanol–water partition coefficient (Wildman–Crippen LogP) is 7.51. The van der Waals surface area contributed by atoms with Crippen molar-refractivity contribution in [3.05, 3.63) is 89.5 Å². The Labute approximate surface area is 165 Å². The fourth-order valence-corrected chi connectivity index (χ4v) is 3.10. The number of allylic oxidation sites excluding steroid dienone is 2. The van der Waals surface area contributed by atoms with Crippen molar-refractivity contribution >= 4 is 22.4 Å². The van der Waals surface area contributed by atoms with Crippen LogP contribution in [0.3, 0.4) is 0 Å². The molecule has 0 fully saturated rings. The minimum absolute atomic E-state index is 0.228. The largest absolute Gasteiger partial charge is 0.494 e. The molecule has 0 aliphatic heterocycles. The molecule has 0 amide bonds. The summed E-state index contributed by atoms with van der Waals surface area (Å²) in [4.78, 5) is 0. The Bertz CT molecular complexity index is 1000. The molecule has 0 radical (unpaired) electrons. The van der Waals surface area contributed by atoms with Gasteiger partial charge in [-0.25, -0.2) is 8.78 Å². The summed E-state index contributed by atoms with van der Waals surface area (Å²) >= 11 is 0. The quantitative estimate of drug-likeness (QED) is 0.305. The Balaban J connectivity index is 1.85. The van der Waals surface area contributed by atoms with Crippen LogP contribution >= 0.6 is 0 Å². The zero-order chi connectivity index (χ0) is 19.9. The standard InChI is InChI=1S/C25H24F2O/c1-3-5-6-7-18-8-10-19(11-9-18)24(26)25(27)22-13-12-21-17-23(28-4-2)15-14-20(21)16-22/h3,5,8-17H,4,6-7H2,1-2H3/b5-3+,25-24?. The summed E-state index contributed by atoms with van der Waals surface area (Å²) in [6, 6.07) is 17.6. The van der Waals surface area contributed by atoms with Crippen LogP contribution in [0.15, 0.2) is 72.8 Å². The van der Waals surface area contributed by atoms with Crippen molar-refractivity contribution in [3.63, 3.8) is 0 Å². The Morgan fingerprint density at radius 1 is 0.857 bits per heavy atom. The predicted molar refractivity (Wildman–Crippen MR) is 114 cm³/mol. The van der Waals surface area contributed by atoms with Gasteiger partial charge in [0.15, 0.2) is 11.7 Å². The van der Waals surface area contributed by atoms with Crippen molar-refractivity contribution < 1.29 is 13.5 Å². The van der Waals surface area contributed by atoms with E-state index < -0.39 is 11.7 Å². The Kier molecular flexibility index (Phi) is 6.59. The molecule has 3 aromatic carbocycles. The van der Waals surface area contributed by atoms with Crippen molar-refractivity contribution in [2.24, 2.45) is 0 Å². The number of hydrogen-bond donors (Lipinski definition) is 0. The SMILES string of the molecule is C/C=C/CCc1ccc(C(F)=C(F)c2ccc3cc(OCC)ccc3c2)cc1. The molecule has 3 heteroatoms. The first-order valence-electron chi connectivity index (χ1n) is 9.55. The molecule has 0 N–H and O–H groups in total. The van der Waals surface area contributed by atoms with Crippen LogP contribution in [0.5, 0.6) is 5.75 Å². The van der Waals surface area contributed by atoms with E-state index in [1.54, 1.807) is 30.3 Å². The molecule has 0 heterocycles. The fraction of sp³-hybridized carbons (Fsp3) is 0.200. The van der Waals surface area contributed by atoms with Crippen LogP contribution in [0.1, 0.15) is 37.0 Å². The van der Waals surface area contributed by atoms with E-state index in [4.69, 9.17) is 4.74 Å². The van der Waals surface area contributed by atoms with E-state index in [0.29, 0.717) is 6.61 Å². The minimum atomic E-state index is -0.850. The maximum absolute atomic E-state index is 14.8. The maximum atomic E-state index is 14.8. The number of halogens is 2. The highest BCUT2D eigenvalue weighted by molar-refractivity contribution is 5.90. The topological polar surface area (TPSA) is 9.23 Å². The number of ether oxygens (including phenoxy) is 1. The first kappa shape index (κ1) is 19.8. The van der Waals surface area contributed by atoms with Gasteiger partial charge in [-0.3, -0.25) is 0 Å². The molecule has 0 unspecified atom stereocenters. The minimum Gasteiger partial charge on any atom is -0.494 e. The van der Waals surface area contributed by atoms with E-state index in [1.165, 1.54) is 0 Å². The van der Waals surface area contributed by atoms with Crippen molar-refractivity contribution in [3.8, 4) is 5.75 Å². The molecule has 3 aromatic rings. The first-order valence-corrected chi connectivity index (χ1v) is 9.55. The lowest BCUT2D eigenvalue weighted by molar-refractivity contribution is 0.341. The second-order valence-electron chi connectivity index (χ2n) is 6.59. The van der Waals surface area contributed by atoms with Gasteiger partial charge in [-0.2, -0.15) is 0 Å². The van der Waals surface area contributed by atoms with Crippen molar-refractivity contribution in [2.45, 2.75) is 26.7 Å². The molecule has 3 rings (SSSR count). The molecular formula is C25H24F2O. The second kappa shape index (κ2) is 9.32. The van der Waals surface area contributed by atoms with Gasteiger partial charge in [0.1, 0.15) is 5.75 Å². The fourth-order valence-electron chi connectivity index (χ4n) is 3.10. The maximum Gasteiger partial charge on any atom is 0.166 e. The third-order valence-electron chi connectivity index (χ3n) is 4.61. The van der Waals surface area contributed by atoms with Gasteiger partial charge in [-0.1, -0.05) is 54.6 Å². The second-order valence-corrected chi connectivity index (χ2v) is 6.59. The van der Waals surface area contributed by atoms with Crippen LogP contribution in [-0.2, 0) is 6.42 Å². The lowest BCUT2D eigenvalue weighted by Crippen LogP contribution is -1.91. The van der Waals surface area contributed by atoms with Crippen molar-refractivity contribution in [1.82, 2.24) is 0 Å². The number of fused-ring (bicyclic) bond motifs is 1. The summed E-state index contributed by atoms with van der Waals surface area (Å²) in [5.74, 6) is -0.929. The van der Waals surface area contributed by atoms with E-state index in [9.17, 15) is 8.78 Å².